The predicted octanol–water partition coefficient (Wildman–Crippen LogP) is 3.06. The van der Waals surface area contributed by atoms with Crippen molar-refractivity contribution in [2.24, 2.45) is 0 Å². The lowest BCUT2D eigenvalue weighted by Gasteiger charge is -2.10. The van der Waals surface area contributed by atoms with Gasteiger partial charge in [0.2, 0.25) is 0 Å². The first-order valence-electron chi connectivity index (χ1n) is 9.49. The maximum Gasteiger partial charge on any atom is 0.262 e. The van der Waals surface area contributed by atoms with Gasteiger partial charge in [0.1, 0.15) is 5.75 Å². The van der Waals surface area contributed by atoms with E-state index in [0.29, 0.717) is 42.3 Å². The molecule has 0 aliphatic carbocycles. The van der Waals surface area contributed by atoms with E-state index < -0.39 is 0 Å². The third kappa shape index (κ3) is 7.75. The Morgan fingerprint density at radius 1 is 1.00 bits per heavy atom. The van der Waals surface area contributed by atoms with Crippen molar-refractivity contribution in [2.75, 3.05) is 31.7 Å². The number of hydrogen-bond acceptors (Lipinski definition) is 5. The lowest BCUT2D eigenvalue weighted by atomic mass is 10.1. The molecule has 154 valence electrons. The van der Waals surface area contributed by atoms with Gasteiger partial charge in [0, 0.05) is 36.6 Å². The molecule has 2 aromatic carbocycles. The van der Waals surface area contributed by atoms with E-state index in [9.17, 15) is 14.4 Å². The minimum Gasteiger partial charge on any atom is -0.484 e. The number of carbonyl (C=O) groups is 3. The van der Waals surface area contributed by atoms with Gasteiger partial charge in [-0.25, -0.2) is 0 Å². The van der Waals surface area contributed by atoms with Crippen molar-refractivity contribution < 1.29 is 23.9 Å². The largest absolute Gasteiger partial charge is 0.484 e. The molecule has 0 radical (unpaired) electrons. The first-order valence-corrected chi connectivity index (χ1v) is 9.49. The fourth-order valence-corrected chi connectivity index (χ4v) is 2.49. The van der Waals surface area contributed by atoms with Crippen LogP contribution < -0.4 is 15.4 Å². The van der Waals surface area contributed by atoms with Crippen LogP contribution in [-0.4, -0.2) is 44.0 Å². The highest BCUT2D eigenvalue weighted by atomic mass is 16.5. The number of hydrogen-bond donors (Lipinski definition) is 2. The van der Waals surface area contributed by atoms with Gasteiger partial charge in [0.25, 0.3) is 11.8 Å². The summed E-state index contributed by atoms with van der Waals surface area (Å²) in [5.41, 5.74) is 1.54. The summed E-state index contributed by atoms with van der Waals surface area (Å²) in [4.78, 5) is 35.6. The Morgan fingerprint density at radius 3 is 2.45 bits per heavy atom. The van der Waals surface area contributed by atoms with Crippen LogP contribution in [0.4, 0.5) is 5.69 Å². The lowest BCUT2D eigenvalue weighted by Crippen LogP contribution is -2.25. The molecule has 0 saturated heterocycles. The Morgan fingerprint density at radius 2 is 1.76 bits per heavy atom. The van der Waals surface area contributed by atoms with Crippen molar-refractivity contribution in [3.8, 4) is 5.75 Å². The molecule has 0 spiro atoms. The fraction of sp³-hybridized carbons (Fsp3) is 0.318. The second-order valence-electron chi connectivity index (χ2n) is 6.30. The number of anilines is 1. The van der Waals surface area contributed by atoms with Gasteiger partial charge in [-0.3, -0.25) is 14.4 Å². The molecule has 2 amide bonds. The van der Waals surface area contributed by atoms with Gasteiger partial charge in [-0.1, -0.05) is 6.07 Å². The number of amides is 2. The number of Topliss-reactive ketones (excluding diaryl/α,β-unsaturated/α-hetero) is 1. The molecule has 29 heavy (non-hydrogen) atoms. The van der Waals surface area contributed by atoms with Crippen LogP contribution >= 0.6 is 0 Å². The topological polar surface area (TPSA) is 93.7 Å². The Bertz CT molecular complexity index is 833. The van der Waals surface area contributed by atoms with Gasteiger partial charge in [-0.15, -0.1) is 0 Å². The summed E-state index contributed by atoms with van der Waals surface area (Å²) in [6.45, 7) is 5.00. The number of rotatable bonds is 11. The Hall–Kier alpha value is -3.19. The number of benzene rings is 2. The quantitative estimate of drug-likeness (QED) is 0.448. The SMILES string of the molecule is CCOCCCNC(=O)c1cccc(NC(=O)COc2ccc(C(C)=O)cc2)c1. The van der Waals surface area contributed by atoms with E-state index in [2.05, 4.69) is 10.6 Å². The third-order valence-corrected chi connectivity index (χ3v) is 3.99. The average Bonchev–Trinajstić information content (AvgIpc) is 2.72. The van der Waals surface area contributed by atoms with Gasteiger partial charge in [0.05, 0.1) is 0 Å². The van der Waals surface area contributed by atoms with E-state index in [1.165, 1.54) is 6.92 Å². The smallest absolute Gasteiger partial charge is 0.262 e. The van der Waals surface area contributed by atoms with Crippen molar-refractivity contribution in [3.05, 3.63) is 59.7 Å². The molecule has 2 rings (SSSR count). The summed E-state index contributed by atoms with van der Waals surface area (Å²) in [7, 11) is 0. The average molecular weight is 398 g/mol. The predicted molar refractivity (Wildman–Crippen MR) is 110 cm³/mol. The van der Waals surface area contributed by atoms with Crippen LogP contribution in [-0.2, 0) is 9.53 Å². The van der Waals surface area contributed by atoms with Gasteiger partial charge in [-0.2, -0.15) is 0 Å². The number of carbonyl (C=O) groups excluding carboxylic acids is 3. The molecule has 2 N–H and O–H groups in total. The maximum atomic E-state index is 12.2. The standard InChI is InChI=1S/C22H26N2O5/c1-3-28-13-5-12-23-22(27)18-6-4-7-19(14-18)24-21(26)15-29-20-10-8-17(9-11-20)16(2)25/h4,6-11,14H,3,5,12-13,15H2,1-2H3,(H,23,27)(H,24,26). The second-order valence-corrected chi connectivity index (χ2v) is 6.30. The van der Waals surface area contributed by atoms with Crippen LogP contribution in [0.1, 0.15) is 41.0 Å². The van der Waals surface area contributed by atoms with Crippen LogP contribution in [0.15, 0.2) is 48.5 Å². The van der Waals surface area contributed by atoms with Gasteiger partial charge in [-0.05, 0) is 62.7 Å². The van der Waals surface area contributed by atoms with Crippen LogP contribution in [0, 0.1) is 0 Å². The maximum absolute atomic E-state index is 12.2. The zero-order chi connectivity index (χ0) is 21.1. The third-order valence-electron chi connectivity index (χ3n) is 3.99. The molecule has 0 saturated carbocycles. The first kappa shape index (κ1) is 22.1. The first-order chi connectivity index (χ1) is 14.0. The summed E-state index contributed by atoms with van der Waals surface area (Å²) in [5, 5.41) is 5.52. The van der Waals surface area contributed by atoms with Crippen molar-refractivity contribution in [1.82, 2.24) is 5.32 Å². The molecular formula is C22H26N2O5. The van der Waals surface area contributed by atoms with E-state index in [-0.39, 0.29) is 24.2 Å². The Labute approximate surface area is 170 Å². The van der Waals surface area contributed by atoms with Crippen LogP contribution in [0.25, 0.3) is 0 Å². The monoisotopic (exact) mass is 398 g/mol. The Kier molecular flexibility index (Phi) is 8.85. The molecule has 0 aliphatic heterocycles. The molecule has 0 aliphatic rings. The molecule has 2 aromatic rings. The van der Waals surface area contributed by atoms with Crippen LogP contribution in [0.5, 0.6) is 5.75 Å². The van der Waals surface area contributed by atoms with Gasteiger partial charge >= 0.3 is 0 Å². The van der Waals surface area contributed by atoms with E-state index in [1.54, 1.807) is 48.5 Å². The number of ketones is 1. The van der Waals surface area contributed by atoms with E-state index in [4.69, 9.17) is 9.47 Å². The van der Waals surface area contributed by atoms with Crippen molar-refractivity contribution in [3.63, 3.8) is 0 Å². The molecule has 0 fully saturated rings. The fourth-order valence-electron chi connectivity index (χ4n) is 2.49. The number of ether oxygens (including phenoxy) is 2. The summed E-state index contributed by atoms with van der Waals surface area (Å²) < 4.78 is 10.7. The highest BCUT2D eigenvalue weighted by Crippen LogP contribution is 2.14. The highest BCUT2D eigenvalue weighted by molar-refractivity contribution is 5.97. The van der Waals surface area contributed by atoms with Gasteiger partial charge in [0.15, 0.2) is 12.4 Å². The molecule has 0 unspecified atom stereocenters. The van der Waals surface area contributed by atoms with Crippen molar-refractivity contribution in [1.29, 1.82) is 0 Å². The van der Waals surface area contributed by atoms with Gasteiger partial charge < -0.3 is 20.1 Å². The molecule has 7 nitrogen and oxygen atoms in total. The summed E-state index contributed by atoms with van der Waals surface area (Å²) >= 11 is 0. The molecular weight excluding hydrogens is 372 g/mol. The summed E-state index contributed by atoms with van der Waals surface area (Å²) in [5.74, 6) is -0.104. The van der Waals surface area contributed by atoms with Crippen molar-refractivity contribution in [2.45, 2.75) is 20.3 Å². The highest BCUT2D eigenvalue weighted by Gasteiger charge is 2.09. The molecule has 0 heterocycles. The van der Waals surface area contributed by atoms with Crippen molar-refractivity contribution >= 4 is 23.3 Å². The van der Waals surface area contributed by atoms with Crippen LogP contribution in [0.3, 0.4) is 0 Å². The zero-order valence-electron chi connectivity index (χ0n) is 16.7. The summed E-state index contributed by atoms with van der Waals surface area (Å²) in [6, 6.07) is 13.3. The lowest BCUT2D eigenvalue weighted by molar-refractivity contribution is -0.118. The molecule has 0 atom stereocenters. The Balaban J connectivity index is 1.81. The molecule has 7 heteroatoms. The second kappa shape index (κ2) is 11.6. The minimum absolute atomic E-state index is 0.0347. The van der Waals surface area contributed by atoms with Crippen LogP contribution in [0.2, 0.25) is 0 Å². The van der Waals surface area contributed by atoms with E-state index >= 15 is 0 Å². The van der Waals surface area contributed by atoms with E-state index in [1.807, 2.05) is 6.92 Å². The zero-order valence-corrected chi connectivity index (χ0v) is 16.7. The molecule has 0 aromatic heterocycles. The summed E-state index contributed by atoms with van der Waals surface area (Å²) in [6.07, 6.45) is 0.737. The van der Waals surface area contributed by atoms with E-state index in [0.717, 1.165) is 6.42 Å². The minimum atomic E-state index is -0.352. The number of nitrogens with one attached hydrogen (secondary N) is 2. The molecule has 0 bridgehead atoms. The normalized spacial score (nSPS) is 10.3.